The first-order chi connectivity index (χ1) is 10.3. The Hall–Kier alpha value is -1.49. The lowest BCUT2D eigenvalue weighted by atomic mass is 9.89. The Morgan fingerprint density at radius 1 is 1.19 bits per heavy atom. The monoisotopic (exact) mass is 291 g/mol. The van der Waals surface area contributed by atoms with E-state index in [-0.39, 0.29) is 5.82 Å². The van der Waals surface area contributed by atoms with Crippen molar-refractivity contribution < 1.29 is 9.13 Å². The van der Waals surface area contributed by atoms with Crippen LogP contribution >= 0.6 is 0 Å². The standard InChI is InChI=1S/C16H22FN3O/c17-14-12-18-15(7-6-13-4-2-1-3-5-13)19-16(14)20-8-10-21-11-9-20/h6-7,12-13H,1-5,8-11H2/b7-6+. The van der Waals surface area contributed by atoms with Gasteiger partial charge in [-0.15, -0.1) is 0 Å². The molecule has 0 radical (unpaired) electrons. The molecule has 0 atom stereocenters. The van der Waals surface area contributed by atoms with Gasteiger partial charge in [0.2, 0.25) is 0 Å². The molecule has 2 fully saturated rings. The molecule has 1 saturated carbocycles. The molecule has 1 saturated heterocycles. The van der Waals surface area contributed by atoms with Crippen LogP contribution in [0, 0.1) is 11.7 Å². The maximum atomic E-state index is 13.9. The summed E-state index contributed by atoms with van der Waals surface area (Å²) >= 11 is 0. The lowest BCUT2D eigenvalue weighted by molar-refractivity contribution is 0.122. The minimum Gasteiger partial charge on any atom is -0.378 e. The smallest absolute Gasteiger partial charge is 0.183 e. The van der Waals surface area contributed by atoms with E-state index in [0.29, 0.717) is 43.9 Å². The van der Waals surface area contributed by atoms with E-state index in [1.54, 1.807) is 0 Å². The SMILES string of the molecule is Fc1cnc(/C=C/C2CCCCC2)nc1N1CCOCC1. The molecule has 1 aliphatic carbocycles. The fourth-order valence-corrected chi connectivity index (χ4v) is 3.00. The Labute approximate surface area is 125 Å². The largest absolute Gasteiger partial charge is 0.378 e. The maximum absolute atomic E-state index is 13.9. The number of anilines is 1. The van der Waals surface area contributed by atoms with Gasteiger partial charge in [0.15, 0.2) is 17.5 Å². The first-order valence-electron chi connectivity index (χ1n) is 7.86. The quantitative estimate of drug-likeness (QED) is 0.858. The second-order valence-corrected chi connectivity index (χ2v) is 5.76. The number of rotatable bonds is 3. The zero-order valence-corrected chi connectivity index (χ0v) is 12.3. The van der Waals surface area contributed by atoms with Gasteiger partial charge in [-0.2, -0.15) is 0 Å². The van der Waals surface area contributed by atoms with E-state index in [0.717, 1.165) is 0 Å². The van der Waals surface area contributed by atoms with Gasteiger partial charge < -0.3 is 9.64 Å². The number of halogens is 1. The van der Waals surface area contributed by atoms with Crippen molar-refractivity contribution in [3.8, 4) is 0 Å². The van der Waals surface area contributed by atoms with E-state index in [2.05, 4.69) is 16.0 Å². The molecule has 114 valence electrons. The molecule has 1 aromatic heterocycles. The molecule has 0 unspecified atom stereocenters. The lowest BCUT2D eigenvalue weighted by Crippen LogP contribution is -2.37. The molecule has 5 heteroatoms. The van der Waals surface area contributed by atoms with Crippen LogP contribution in [0.5, 0.6) is 0 Å². The fourth-order valence-electron chi connectivity index (χ4n) is 3.00. The van der Waals surface area contributed by atoms with Crippen molar-refractivity contribution >= 4 is 11.9 Å². The zero-order valence-electron chi connectivity index (χ0n) is 12.3. The molecule has 4 nitrogen and oxygen atoms in total. The summed E-state index contributed by atoms with van der Waals surface area (Å²) in [6.07, 6.45) is 11.9. The first-order valence-corrected chi connectivity index (χ1v) is 7.86. The number of aromatic nitrogens is 2. The van der Waals surface area contributed by atoms with E-state index >= 15 is 0 Å². The van der Waals surface area contributed by atoms with Gasteiger partial charge in [0.1, 0.15) is 0 Å². The van der Waals surface area contributed by atoms with E-state index in [9.17, 15) is 4.39 Å². The second-order valence-electron chi connectivity index (χ2n) is 5.76. The lowest BCUT2D eigenvalue weighted by Gasteiger charge is -2.27. The summed E-state index contributed by atoms with van der Waals surface area (Å²) in [5, 5.41) is 0. The van der Waals surface area contributed by atoms with Crippen LogP contribution in [0.2, 0.25) is 0 Å². The number of ether oxygens (including phenoxy) is 1. The maximum Gasteiger partial charge on any atom is 0.183 e. The predicted octanol–water partition coefficient (Wildman–Crippen LogP) is 3.05. The van der Waals surface area contributed by atoms with Crippen LogP contribution in [0.1, 0.15) is 37.9 Å². The van der Waals surface area contributed by atoms with Crippen molar-refractivity contribution in [1.29, 1.82) is 0 Å². The highest BCUT2D eigenvalue weighted by molar-refractivity contribution is 5.47. The summed E-state index contributed by atoms with van der Waals surface area (Å²) in [5.74, 6) is 1.27. The molecule has 2 heterocycles. The molecule has 2 aliphatic rings. The molecular formula is C16H22FN3O. The van der Waals surface area contributed by atoms with Crippen molar-refractivity contribution in [3.63, 3.8) is 0 Å². The van der Waals surface area contributed by atoms with Gasteiger partial charge in [0.25, 0.3) is 0 Å². The number of morpholine rings is 1. The Kier molecular flexibility index (Phi) is 4.80. The van der Waals surface area contributed by atoms with Crippen LogP contribution in [0.15, 0.2) is 12.3 Å². The van der Waals surface area contributed by atoms with E-state index in [1.165, 1.54) is 38.3 Å². The highest BCUT2D eigenvalue weighted by Gasteiger charge is 2.17. The van der Waals surface area contributed by atoms with Crippen LogP contribution in [0.3, 0.4) is 0 Å². The summed E-state index contributed by atoms with van der Waals surface area (Å²) in [6, 6.07) is 0. The summed E-state index contributed by atoms with van der Waals surface area (Å²) in [4.78, 5) is 10.4. The number of allylic oxidation sites excluding steroid dienone is 1. The van der Waals surface area contributed by atoms with Gasteiger partial charge in [0.05, 0.1) is 19.4 Å². The molecule has 1 aromatic rings. The van der Waals surface area contributed by atoms with Crippen molar-refractivity contribution in [3.05, 3.63) is 23.9 Å². The first kappa shape index (κ1) is 14.4. The van der Waals surface area contributed by atoms with Gasteiger partial charge in [-0.3, -0.25) is 0 Å². The molecule has 0 amide bonds. The summed E-state index contributed by atoms with van der Waals surface area (Å²) in [6.45, 7) is 2.60. The van der Waals surface area contributed by atoms with Gasteiger partial charge in [-0.1, -0.05) is 25.3 Å². The third kappa shape index (κ3) is 3.79. The van der Waals surface area contributed by atoms with Gasteiger partial charge >= 0.3 is 0 Å². The fraction of sp³-hybridized carbons (Fsp3) is 0.625. The van der Waals surface area contributed by atoms with E-state index in [1.807, 2.05) is 11.0 Å². The molecule has 1 aliphatic heterocycles. The van der Waals surface area contributed by atoms with Crippen LogP contribution in [-0.2, 0) is 4.74 Å². The van der Waals surface area contributed by atoms with Crippen LogP contribution < -0.4 is 4.90 Å². The van der Waals surface area contributed by atoms with Crippen molar-refractivity contribution in [2.45, 2.75) is 32.1 Å². The van der Waals surface area contributed by atoms with E-state index in [4.69, 9.17) is 4.74 Å². The third-order valence-corrected chi connectivity index (χ3v) is 4.22. The highest BCUT2D eigenvalue weighted by atomic mass is 19.1. The van der Waals surface area contributed by atoms with Crippen molar-refractivity contribution in [2.24, 2.45) is 5.92 Å². The van der Waals surface area contributed by atoms with Gasteiger partial charge in [0, 0.05) is 13.1 Å². The van der Waals surface area contributed by atoms with Crippen molar-refractivity contribution in [2.75, 3.05) is 31.2 Å². The summed E-state index contributed by atoms with van der Waals surface area (Å²) in [5.41, 5.74) is 0. The normalized spacial score (nSPS) is 21.1. The molecule has 21 heavy (non-hydrogen) atoms. The van der Waals surface area contributed by atoms with Crippen molar-refractivity contribution in [1.82, 2.24) is 9.97 Å². The molecular weight excluding hydrogens is 269 g/mol. The molecule has 0 bridgehead atoms. The highest BCUT2D eigenvalue weighted by Crippen LogP contribution is 2.25. The second kappa shape index (κ2) is 6.98. The molecule has 3 rings (SSSR count). The molecule has 0 N–H and O–H groups in total. The summed E-state index contributed by atoms with van der Waals surface area (Å²) in [7, 11) is 0. The van der Waals surface area contributed by atoms with Gasteiger partial charge in [-0.05, 0) is 24.8 Å². The van der Waals surface area contributed by atoms with Crippen LogP contribution in [0.4, 0.5) is 10.2 Å². The number of nitrogens with zero attached hydrogens (tertiary/aromatic N) is 3. The Bertz CT molecular complexity index is 494. The third-order valence-electron chi connectivity index (χ3n) is 4.22. The predicted molar refractivity (Wildman–Crippen MR) is 80.6 cm³/mol. The van der Waals surface area contributed by atoms with Gasteiger partial charge in [-0.25, -0.2) is 14.4 Å². The van der Waals surface area contributed by atoms with Crippen LogP contribution in [0.25, 0.3) is 6.08 Å². The van der Waals surface area contributed by atoms with E-state index < -0.39 is 0 Å². The average Bonchev–Trinajstić information content (AvgIpc) is 2.56. The topological polar surface area (TPSA) is 38.2 Å². The number of hydrogen-bond donors (Lipinski definition) is 0. The minimum atomic E-state index is -0.355. The Morgan fingerprint density at radius 2 is 1.95 bits per heavy atom. The minimum absolute atomic E-state index is 0.355. The Morgan fingerprint density at radius 3 is 2.71 bits per heavy atom. The number of hydrogen-bond acceptors (Lipinski definition) is 4. The average molecular weight is 291 g/mol. The Balaban J connectivity index is 1.72. The molecule has 0 aromatic carbocycles. The van der Waals surface area contributed by atoms with Crippen LogP contribution in [-0.4, -0.2) is 36.3 Å². The zero-order chi connectivity index (χ0) is 14.5. The summed E-state index contributed by atoms with van der Waals surface area (Å²) < 4.78 is 19.2. The molecule has 0 spiro atoms.